The molecule has 0 bridgehead atoms. The van der Waals surface area contributed by atoms with Crippen LogP contribution in [-0.4, -0.2) is 18.0 Å². The highest BCUT2D eigenvalue weighted by atomic mass is 32.1. The first-order valence-electron chi connectivity index (χ1n) is 4.76. The summed E-state index contributed by atoms with van der Waals surface area (Å²) in [6.45, 7) is 6.22. The van der Waals surface area contributed by atoms with Crippen molar-refractivity contribution in [2.45, 2.75) is 32.8 Å². The second-order valence-corrected chi connectivity index (χ2v) is 4.75. The third-order valence-electron chi connectivity index (χ3n) is 2.24. The summed E-state index contributed by atoms with van der Waals surface area (Å²) in [6, 6.07) is 3.71. The summed E-state index contributed by atoms with van der Waals surface area (Å²) >= 11 is 1.46. The van der Waals surface area contributed by atoms with Crippen LogP contribution in [0.25, 0.3) is 0 Å². The van der Waals surface area contributed by atoms with E-state index in [4.69, 9.17) is 4.74 Å². The largest absolute Gasteiger partial charge is 0.367 e. The van der Waals surface area contributed by atoms with Crippen LogP contribution in [0.1, 0.15) is 36.9 Å². The van der Waals surface area contributed by atoms with Gasteiger partial charge >= 0.3 is 0 Å². The molecule has 1 rings (SSSR count). The molecule has 0 aliphatic carbocycles. The maximum Gasteiger partial charge on any atom is 0.198 e. The molecule has 0 aromatic carbocycles. The Balaban J connectivity index is 2.43. The van der Waals surface area contributed by atoms with Gasteiger partial charge in [-0.15, -0.1) is 11.3 Å². The first-order valence-corrected chi connectivity index (χ1v) is 5.64. The van der Waals surface area contributed by atoms with Gasteiger partial charge in [0.25, 0.3) is 0 Å². The van der Waals surface area contributed by atoms with Crippen LogP contribution in [0.2, 0.25) is 0 Å². The standard InChI is InChI=1S/C11H16O2S/c1-4-11(2,3)13-8-9(12)10-6-5-7-14-10/h5-7H,4,8H2,1-3H3. The zero-order chi connectivity index (χ0) is 10.6. The number of hydrogen-bond acceptors (Lipinski definition) is 3. The molecular formula is C11H16O2S. The van der Waals surface area contributed by atoms with Crippen molar-refractivity contribution in [2.75, 3.05) is 6.61 Å². The summed E-state index contributed by atoms with van der Waals surface area (Å²) in [6.07, 6.45) is 0.907. The fourth-order valence-electron chi connectivity index (χ4n) is 0.871. The molecule has 1 aromatic heterocycles. The van der Waals surface area contributed by atoms with Gasteiger partial charge < -0.3 is 4.74 Å². The molecule has 78 valence electrons. The first-order chi connectivity index (χ1) is 6.55. The van der Waals surface area contributed by atoms with Crippen molar-refractivity contribution in [1.29, 1.82) is 0 Å². The van der Waals surface area contributed by atoms with E-state index in [-0.39, 0.29) is 18.0 Å². The topological polar surface area (TPSA) is 26.3 Å². The quantitative estimate of drug-likeness (QED) is 0.701. The first kappa shape index (κ1) is 11.4. The molecule has 0 saturated carbocycles. The maximum atomic E-state index is 11.6. The van der Waals surface area contributed by atoms with Gasteiger partial charge in [-0.1, -0.05) is 13.0 Å². The molecule has 0 N–H and O–H groups in total. The van der Waals surface area contributed by atoms with E-state index < -0.39 is 0 Å². The Hall–Kier alpha value is -0.670. The van der Waals surface area contributed by atoms with Crippen molar-refractivity contribution in [3.63, 3.8) is 0 Å². The minimum absolute atomic E-state index is 0.0709. The van der Waals surface area contributed by atoms with Crippen molar-refractivity contribution < 1.29 is 9.53 Å². The lowest BCUT2D eigenvalue weighted by molar-refractivity contribution is -0.0120. The molecule has 1 aromatic rings. The number of thiophene rings is 1. The molecule has 0 aliphatic heterocycles. The Morgan fingerprint density at radius 2 is 2.29 bits per heavy atom. The molecule has 0 saturated heterocycles. The predicted molar refractivity (Wildman–Crippen MR) is 59.0 cm³/mol. The summed E-state index contributed by atoms with van der Waals surface area (Å²) in [5, 5.41) is 1.90. The number of ether oxygens (including phenoxy) is 1. The summed E-state index contributed by atoms with van der Waals surface area (Å²) in [5.41, 5.74) is -0.201. The fraction of sp³-hybridized carbons (Fsp3) is 0.545. The molecule has 3 heteroatoms. The van der Waals surface area contributed by atoms with E-state index in [1.165, 1.54) is 11.3 Å². The molecule has 1 heterocycles. The third-order valence-corrected chi connectivity index (χ3v) is 3.15. The normalized spacial score (nSPS) is 11.6. The predicted octanol–water partition coefficient (Wildman–Crippen LogP) is 3.14. The number of hydrogen-bond donors (Lipinski definition) is 0. The van der Waals surface area contributed by atoms with Crippen LogP contribution in [-0.2, 0) is 4.74 Å². The minimum Gasteiger partial charge on any atom is -0.367 e. The van der Waals surface area contributed by atoms with Gasteiger partial charge in [0, 0.05) is 0 Å². The Morgan fingerprint density at radius 1 is 1.57 bits per heavy atom. The molecule has 0 fully saturated rings. The van der Waals surface area contributed by atoms with Crippen LogP contribution >= 0.6 is 11.3 Å². The molecule has 0 atom stereocenters. The molecular weight excluding hydrogens is 196 g/mol. The molecule has 14 heavy (non-hydrogen) atoms. The number of rotatable bonds is 5. The summed E-state index contributed by atoms with van der Waals surface area (Å²) in [7, 11) is 0. The minimum atomic E-state index is -0.201. The Labute approximate surface area is 88.9 Å². The SMILES string of the molecule is CCC(C)(C)OCC(=O)c1cccs1. The second-order valence-electron chi connectivity index (χ2n) is 3.80. The van der Waals surface area contributed by atoms with Crippen molar-refractivity contribution in [3.8, 4) is 0 Å². The van der Waals surface area contributed by atoms with E-state index in [1.807, 2.05) is 31.4 Å². The van der Waals surface area contributed by atoms with Crippen LogP contribution in [0.3, 0.4) is 0 Å². The van der Waals surface area contributed by atoms with Crippen LogP contribution in [0.5, 0.6) is 0 Å². The maximum absolute atomic E-state index is 11.6. The zero-order valence-electron chi connectivity index (χ0n) is 8.87. The van der Waals surface area contributed by atoms with Gasteiger partial charge in [0.1, 0.15) is 6.61 Å². The van der Waals surface area contributed by atoms with Crippen molar-refractivity contribution >= 4 is 17.1 Å². The molecule has 0 aliphatic rings. The molecule has 0 radical (unpaired) electrons. The van der Waals surface area contributed by atoms with E-state index in [9.17, 15) is 4.79 Å². The zero-order valence-corrected chi connectivity index (χ0v) is 9.69. The van der Waals surface area contributed by atoms with Gasteiger partial charge in [0.15, 0.2) is 5.78 Å². The number of Topliss-reactive ketones (excluding diaryl/α,β-unsaturated/α-hetero) is 1. The third kappa shape index (κ3) is 3.24. The van der Waals surface area contributed by atoms with Crippen LogP contribution in [0.15, 0.2) is 17.5 Å². The number of carbonyl (C=O) groups excluding carboxylic acids is 1. The van der Waals surface area contributed by atoms with Gasteiger partial charge in [-0.25, -0.2) is 0 Å². The van der Waals surface area contributed by atoms with E-state index in [1.54, 1.807) is 0 Å². The second kappa shape index (κ2) is 4.71. The van der Waals surface area contributed by atoms with E-state index in [2.05, 4.69) is 6.92 Å². The van der Waals surface area contributed by atoms with E-state index in [0.717, 1.165) is 11.3 Å². The van der Waals surface area contributed by atoms with E-state index in [0.29, 0.717) is 0 Å². The Morgan fingerprint density at radius 3 is 2.79 bits per heavy atom. The highest BCUT2D eigenvalue weighted by molar-refractivity contribution is 7.12. The smallest absolute Gasteiger partial charge is 0.198 e. The van der Waals surface area contributed by atoms with Crippen molar-refractivity contribution in [2.24, 2.45) is 0 Å². The van der Waals surface area contributed by atoms with Gasteiger partial charge in [0.2, 0.25) is 0 Å². The van der Waals surface area contributed by atoms with Gasteiger partial charge in [-0.05, 0) is 31.7 Å². The van der Waals surface area contributed by atoms with Gasteiger partial charge in [-0.3, -0.25) is 4.79 Å². The molecule has 0 amide bonds. The lowest BCUT2D eigenvalue weighted by Gasteiger charge is -2.22. The molecule has 0 unspecified atom stereocenters. The highest BCUT2D eigenvalue weighted by Crippen LogP contribution is 2.15. The molecule has 2 nitrogen and oxygen atoms in total. The summed E-state index contributed by atoms with van der Waals surface area (Å²) in [5.74, 6) is 0.0709. The summed E-state index contributed by atoms with van der Waals surface area (Å²) < 4.78 is 5.52. The van der Waals surface area contributed by atoms with Crippen molar-refractivity contribution in [3.05, 3.63) is 22.4 Å². The lowest BCUT2D eigenvalue weighted by Crippen LogP contribution is -2.26. The lowest BCUT2D eigenvalue weighted by atomic mass is 10.1. The highest BCUT2D eigenvalue weighted by Gasteiger charge is 2.17. The van der Waals surface area contributed by atoms with Crippen LogP contribution in [0.4, 0.5) is 0 Å². The Kier molecular flexibility index (Phi) is 3.84. The monoisotopic (exact) mass is 212 g/mol. The van der Waals surface area contributed by atoms with Crippen LogP contribution < -0.4 is 0 Å². The number of ketones is 1. The Bertz CT molecular complexity index is 288. The molecule has 0 spiro atoms. The van der Waals surface area contributed by atoms with E-state index >= 15 is 0 Å². The van der Waals surface area contributed by atoms with Gasteiger partial charge in [-0.2, -0.15) is 0 Å². The average molecular weight is 212 g/mol. The van der Waals surface area contributed by atoms with Crippen molar-refractivity contribution in [1.82, 2.24) is 0 Å². The average Bonchev–Trinajstić information content (AvgIpc) is 2.67. The summed E-state index contributed by atoms with van der Waals surface area (Å²) in [4.78, 5) is 12.3. The number of carbonyl (C=O) groups is 1. The fourth-order valence-corrected chi connectivity index (χ4v) is 1.52. The van der Waals surface area contributed by atoms with Crippen LogP contribution in [0, 0.1) is 0 Å². The van der Waals surface area contributed by atoms with Gasteiger partial charge in [0.05, 0.1) is 10.5 Å².